The van der Waals surface area contributed by atoms with Gasteiger partial charge in [0.15, 0.2) is 5.58 Å². The van der Waals surface area contributed by atoms with Crippen molar-refractivity contribution in [2.24, 2.45) is 5.73 Å². The van der Waals surface area contributed by atoms with Crippen LogP contribution in [0.2, 0.25) is 0 Å². The smallest absolute Gasteiger partial charge is 0.408 e. The van der Waals surface area contributed by atoms with Crippen molar-refractivity contribution in [1.29, 1.82) is 0 Å². The molecule has 3 N–H and O–H groups in total. The third kappa shape index (κ3) is 2.19. The highest BCUT2D eigenvalue weighted by molar-refractivity contribution is 5.79. The first kappa shape index (κ1) is 12.5. The van der Waals surface area contributed by atoms with Gasteiger partial charge in [0.2, 0.25) is 0 Å². The van der Waals surface area contributed by atoms with Crippen molar-refractivity contribution in [3.05, 3.63) is 58.6 Å². The second kappa shape index (κ2) is 4.86. The highest BCUT2D eigenvalue weighted by Crippen LogP contribution is 2.26. The molecule has 0 bridgehead atoms. The molecule has 0 aliphatic heterocycles. The molecule has 2 aromatic carbocycles. The molecule has 0 atom stereocenters. The van der Waals surface area contributed by atoms with Crippen LogP contribution in [0.4, 0.5) is 11.4 Å². The Bertz CT molecular complexity index is 804. The first-order valence-corrected chi connectivity index (χ1v) is 6.33. The van der Waals surface area contributed by atoms with E-state index in [4.69, 9.17) is 10.2 Å². The van der Waals surface area contributed by atoms with Gasteiger partial charge in [-0.1, -0.05) is 12.1 Å². The van der Waals surface area contributed by atoms with Gasteiger partial charge in [-0.3, -0.25) is 4.98 Å². The van der Waals surface area contributed by atoms with Crippen LogP contribution in [-0.4, -0.2) is 12.0 Å². The van der Waals surface area contributed by atoms with Gasteiger partial charge in [0, 0.05) is 31.0 Å². The summed E-state index contributed by atoms with van der Waals surface area (Å²) in [7, 11) is 1.96. The summed E-state index contributed by atoms with van der Waals surface area (Å²) in [4.78, 5) is 15.8. The standard InChI is InChI=1S/C15H15N3O2/c1-18(11-4-2-3-10(7-11)9-16)12-5-6-13-14(8-12)20-15(19)17-13/h2-8H,9,16H2,1H3,(H,17,19). The van der Waals surface area contributed by atoms with Crippen LogP contribution in [-0.2, 0) is 6.54 Å². The van der Waals surface area contributed by atoms with Crippen LogP contribution in [0, 0.1) is 0 Å². The highest BCUT2D eigenvalue weighted by atomic mass is 16.4. The summed E-state index contributed by atoms with van der Waals surface area (Å²) in [6.45, 7) is 0.507. The normalized spacial score (nSPS) is 10.9. The molecule has 0 saturated heterocycles. The van der Waals surface area contributed by atoms with E-state index in [-0.39, 0.29) is 0 Å². The van der Waals surface area contributed by atoms with Crippen molar-refractivity contribution in [2.75, 3.05) is 11.9 Å². The summed E-state index contributed by atoms with van der Waals surface area (Å²) in [5.41, 5.74) is 9.95. The Hall–Kier alpha value is -2.53. The summed E-state index contributed by atoms with van der Waals surface area (Å²) >= 11 is 0. The second-order valence-electron chi connectivity index (χ2n) is 4.63. The molecule has 0 aliphatic rings. The van der Waals surface area contributed by atoms with E-state index in [0.29, 0.717) is 17.6 Å². The molecule has 0 radical (unpaired) electrons. The molecule has 0 fully saturated rings. The Morgan fingerprint density at radius 3 is 2.80 bits per heavy atom. The largest absolute Gasteiger partial charge is 0.417 e. The third-order valence-electron chi connectivity index (χ3n) is 3.33. The van der Waals surface area contributed by atoms with E-state index in [2.05, 4.69) is 4.98 Å². The first-order valence-electron chi connectivity index (χ1n) is 6.33. The first-order chi connectivity index (χ1) is 9.67. The summed E-state index contributed by atoms with van der Waals surface area (Å²) in [6, 6.07) is 13.6. The number of hydrogen-bond donors (Lipinski definition) is 2. The van der Waals surface area contributed by atoms with Gasteiger partial charge in [-0.15, -0.1) is 0 Å². The number of fused-ring (bicyclic) bond motifs is 1. The van der Waals surface area contributed by atoms with Gasteiger partial charge in [-0.2, -0.15) is 0 Å². The van der Waals surface area contributed by atoms with Crippen molar-refractivity contribution in [2.45, 2.75) is 6.54 Å². The molecule has 0 aliphatic carbocycles. The van der Waals surface area contributed by atoms with E-state index in [1.165, 1.54) is 0 Å². The molecule has 5 heteroatoms. The number of benzene rings is 2. The molecule has 5 nitrogen and oxygen atoms in total. The van der Waals surface area contributed by atoms with E-state index in [1.807, 2.05) is 54.4 Å². The fraction of sp³-hybridized carbons (Fsp3) is 0.133. The Morgan fingerprint density at radius 1 is 1.20 bits per heavy atom. The molecule has 3 rings (SSSR count). The Labute approximate surface area is 115 Å². The van der Waals surface area contributed by atoms with Gasteiger partial charge in [0.25, 0.3) is 0 Å². The quantitative estimate of drug-likeness (QED) is 0.765. The van der Waals surface area contributed by atoms with Crippen LogP contribution in [0.15, 0.2) is 51.7 Å². The lowest BCUT2D eigenvalue weighted by Gasteiger charge is -2.20. The average molecular weight is 269 g/mol. The predicted octanol–water partition coefficient (Wildman–Crippen LogP) is 2.35. The SMILES string of the molecule is CN(c1cccc(CN)c1)c1ccc2[nH]c(=O)oc2c1. The fourth-order valence-electron chi connectivity index (χ4n) is 2.18. The minimum absolute atomic E-state index is 0.440. The number of anilines is 2. The fourth-order valence-corrected chi connectivity index (χ4v) is 2.18. The Kier molecular flexibility index (Phi) is 3.04. The molecular weight excluding hydrogens is 254 g/mol. The summed E-state index contributed by atoms with van der Waals surface area (Å²) in [5.74, 6) is -0.440. The lowest BCUT2D eigenvalue weighted by molar-refractivity contribution is 0.555. The number of nitrogens with two attached hydrogens (primary N) is 1. The van der Waals surface area contributed by atoms with Crippen molar-refractivity contribution in [3.8, 4) is 0 Å². The minimum Gasteiger partial charge on any atom is -0.408 e. The second-order valence-corrected chi connectivity index (χ2v) is 4.63. The average Bonchev–Trinajstić information content (AvgIpc) is 2.85. The molecule has 3 aromatic rings. The molecule has 0 saturated carbocycles. The zero-order valence-electron chi connectivity index (χ0n) is 11.1. The van der Waals surface area contributed by atoms with E-state index < -0.39 is 5.76 Å². The zero-order chi connectivity index (χ0) is 14.1. The van der Waals surface area contributed by atoms with Gasteiger partial charge < -0.3 is 15.1 Å². The van der Waals surface area contributed by atoms with Crippen molar-refractivity contribution >= 4 is 22.5 Å². The lowest BCUT2D eigenvalue weighted by atomic mass is 10.1. The summed E-state index contributed by atoms with van der Waals surface area (Å²) < 4.78 is 5.08. The van der Waals surface area contributed by atoms with Crippen molar-refractivity contribution in [1.82, 2.24) is 4.98 Å². The van der Waals surface area contributed by atoms with Crippen LogP contribution < -0.4 is 16.4 Å². The lowest BCUT2D eigenvalue weighted by Crippen LogP contribution is -2.10. The number of H-pyrrole nitrogens is 1. The van der Waals surface area contributed by atoms with E-state index >= 15 is 0 Å². The topological polar surface area (TPSA) is 75.3 Å². The Balaban J connectivity index is 2.02. The van der Waals surface area contributed by atoms with Crippen LogP contribution in [0.5, 0.6) is 0 Å². The van der Waals surface area contributed by atoms with Crippen LogP contribution in [0.1, 0.15) is 5.56 Å². The number of oxazole rings is 1. The molecular formula is C15H15N3O2. The Morgan fingerprint density at radius 2 is 2.00 bits per heavy atom. The monoisotopic (exact) mass is 269 g/mol. The number of rotatable bonds is 3. The number of aromatic amines is 1. The maximum Gasteiger partial charge on any atom is 0.417 e. The van der Waals surface area contributed by atoms with Gasteiger partial charge >= 0.3 is 5.76 Å². The van der Waals surface area contributed by atoms with Crippen molar-refractivity contribution in [3.63, 3.8) is 0 Å². The maximum absolute atomic E-state index is 11.2. The zero-order valence-corrected chi connectivity index (χ0v) is 11.1. The molecule has 1 heterocycles. The van der Waals surface area contributed by atoms with Crippen LogP contribution in [0.3, 0.4) is 0 Å². The van der Waals surface area contributed by atoms with Gasteiger partial charge in [-0.25, -0.2) is 4.79 Å². The van der Waals surface area contributed by atoms with Gasteiger partial charge in [0.1, 0.15) is 0 Å². The summed E-state index contributed by atoms with van der Waals surface area (Å²) in [6.07, 6.45) is 0. The van der Waals surface area contributed by atoms with Gasteiger partial charge in [0.05, 0.1) is 5.52 Å². The van der Waals surface area contributed by atoms with Crippen LogP contribution >= 0.6 is 0 Å². The van der Waals surface area contributed by atoms with Crippen molar-refractivity contribution < 1.29 is 4.42 Å². The molecule has 102 valence electrons. The van der Waals surface area contributed by atoms with Crippen LogP contribution in [0.25, 0.3) is 11.1 Å². The maximum atomic E-state index is 11.2. The van der Waals surface area contributed by atoms with E-state index in [9.17, 15) is 4.79 Å². The molecule has 1 aromatic heterocycles. The highest BCUT2D eigenvalue weighted by Gasteiger charge is 2.08. The molecule has 0 amide bonds. The van der Waals surface area contributed by atoms with E-state index in [0.717, 1.165) is 16.9 Å². The number of nitrogens with one attached hydrogen (secondary N) is 1. The molecule has 0 spiro atoms. The summed E-state index contributed by atoms with van der Waals surface area (Å²) in [5, 5.41) is 0. The van der Waals surface area contributed by atoms with E-state index in [1.54, 1.807) is 0 Å². The third-order valence-corrected chi connectivity index (χ3v) is 3.33. The van der Waals surface area contributed by atoms with Gasteiger partial charge in [-0.05, 0) is 29.8 Å². The molecule has 20 heavy (non-hydrogen) atoms. The number of aromatic nitrogens is 1. The number of hydrogen-bond acceptors (Lipinski definition) is 4. The predicted molar refractivity (Wildman–Crippen MR) is 79.2 cm³/mol. The molecule has 0 unspecified atom stereocenters. The minimum atomic E-state index is -0.440. The number of nitrogens with zero attached hydrogens (tertiary/aromatic N) is 1.